The van der Waals surface area contributed by atoms with E-state index in [0.29, 0.717) is 37.1 Å². The Bertz CT molecular complexity index is 1230. The SMILES string of the molecule is c1nn(C2COC2)cc1-c1cnc2nnn(Cc3cc4[nH]ncc4s3)c2n1. The third kappa shape index (κ3) is 2.43. The smallest absolute Gasteiger partial charge is 0.221 e. The third-order valence-electron chi connectivity index (χ3n) is 4.60. The molecule has 0 amide bonds. The number of aromatic nitrogens is 9. The highest BCUT2D eigenvalue weighted by molar-refractivity contribution is 7.19. The average molecular weight is 379 g/mol. The summed E-state index contributed by atoms with van der Waals surface area (Å²) in [5, 5.41) is 19.8. The fourth-order valence-electron chi connectivity index (χ4n) is 3.07. The maximum atomic E-state index is 5.23. The molecule has 10 nitrogen and oxygen atoms in total. The highest BCUT2D eigenvalue weighted by Crippen LogP contribution is 2.25. The van der Waals surface area contributed by atoms with Gasteiger partial charge in [0, 0.05) is 16.6 Å². The highest BCUT2D eigenvalue weighted by Gasteiger charge is 2.21. The van der Waals surface area contributed by atoms with Crippen LogP contribution in [-0.2, 0) is 11.3 Å². The number of ether oxygens (including phenoxy) is 1. The van der Waals surface area contributed by atoms with E-state index in [4.69, 9.17) is 9.72 Å². The molecule has 1 fully saturated rings. The Hall–Kier alpha value is -3.18. The Kier molecular flexibility index (Phi) is 3.13. The van der Waals surface area contributed by atoms with Crippen molar-refractivity contribution in [1.82, 2.24) is 44.9 Å². The van der Waals surface area contributed by atoms with Gasteiger partial charge in [0.05, 0.1) is 60.3 Å². The Morgan fingerprint density at radius 3 is 3.07 bits per heavy atom. The minimum absolute atomic E-state index is 0.306. The van der Waals surface area contributed by atoms with Gasteiger partial charge in [0.2, 0.25) is 5.65 Å². The van der Waals surface area contributed by atoms with Crippen LogP contribution in [0.2, 0.25) is 0 Å². The molecule has 1 N–H and O–H groups in total. The summed E-state index contributed by atoms with van der Waals surface area (Å²) in [6, 6.07) is 2.38. The molecule has 11 heteroatoms. The minimum Gasteiger partial charge on any atom is -0.377 e. The molecule has 0 aromatic carbocycles. The van der Waals surface area contributed by atoms with E-state index in [1.807, 2.05) is 17.1 Å². The van der Waals surface area contributed by atoms with Crippen LogP contribution in [0.1, 0.15) is 10.9 Å². The highest BCUT2D eigenvalue weighted by atomic mass is 32.1. The molecule has 1 aliphatic heterocycles. The summed E-state index contributed by atoms with van der Waals surface area (Å²) in [5.41, 5.74) is 3.88. The lowest BCUT2D eigenvalue weighted by atomic mass is 10.2. The normalized spacial score (nSPS) is 15.0. The largest absolute Gasteiger partial charge is 0.377 e. The maximum Gasteiger partial charge on any atom is 0.221 e. The molecule has 0 unspecified atom stereocenters. The summed E-state index contributed by atoms with van der Waals surface area (Å²) in [7, 11) is 0. The predicted octanol–water partition coefficient (Wildman–Crippen LogP) is 1.64. The van der Waals surface area contributed by atoms with E-state index in [-0.39, 0.29) is 0 Å². The lowest BCUT2D eigenvalue weighted by molar-refractivity contribution is -0.0286. The van der Waals surface area contributed by atoms with Gasteiger partial charge in [-0.1, -0.05) is 5.21 Å². The number of nitrogens with one attached hydrogen (secondary N) is 1. The van der Waals surface area contributed by atoms with Crippen LogP contribution in [0.25, 0.3) is 32.8 Å². The Morgan fingerprint density at radius 2 is 2.22 bits per heavy atom. The zero-order valence-electron chi connectivity index (χ0n) is 14.0. The van der Waals surface area contributed by atoms with Gasteiger partial charge in [0.15, 0.2) is 5.65 Å². The fourth-order valence-corrected chi connectivity index (χ4v) is 4.04. The molecule has 5 aromatic rings. The van der Waals surface area contributed by atoms with Crippen LogP contribution in [0.15, 0.2) is 30.9 Å². The van der Waals surface area contributed by atoms with E-state index < -0.39 is 0 Å². The molecule has 0 bridgehead atoms. The van der Waals surface area contributed by atoms with Crippen molar-refractivity contribution in [3.8, 4) is 11.3 Å². The molecule has 1 aliphatic rings. The molecule has 0 saturated carbocycles. The predicted molar refractivity (Wildman–Crippen MR) is 97.3 cm³/mol. The second-order valence-electron chi connectivity index (χ2n) is 6.41. The molecule has 0 aliphatic carbocycles. The molecular formula is C16H13N9OS. The van der Waals surface area contributed by atoms with Crippen LogP contribution in [0.4, 0.5) is 0 Å². The van der Waals surface area contributed by atoms with Crippen LogP contribution in [0.3, 0.4) is 0 Å². The number of rotatable bonds is 4. The van der Waals surface area contributed by atoms with E-state index in [2.05, 4.69) is 36.7 Å². The summed E-state index contributed by atoms with van der Waals surface area (Å²) >= 11 is 1.67. The van der Waals surface area contributed by atoms with Crippen LogP contribution in [-0.4, -0.2) is 58.2 Å². The van der Waals surface area contributed by atoms with Crippen molar-refractivity contribution in [3.63, 3.8) is 0 Å². The van der Waals surface area contributed by atoms with Gasteiger partial charge in [-0.2, -0.15) is 10.2 Å². The topological polar surface area (TPSA) is 112 Å². The van der Waals surface area contributed by atoms with Crippen LogP contribution >= 0.6 is 11.3 Å². The molecule has 6 heterocycles. The summed E-state index contributed by atoms with van der Waals surface area (Å²) in [6.07, 6.45) is 7.31. The maximum absolute atomic E-state index is 5.23. The fraction of sp³-hybridized carbons (Fsp3) is 0.250. The Labute approximate surface area is 155 Å². The van der Waals surface area contributed by atoms with Gasteiger partial charge in [0.25, 0.3) is 0 Å². The van der Waals surface area contributed by atoms with Gasteiger partial charge in [-0.3, -0.25) is 9.78 Å². The standard InChI is InChI=1S/C16H13N9OS/c1-11(27-14-4-18-21-12(1)14)6-25-16-15(22-23-25)17-3-13(20-16)9-2-19-24(5-9)10-7-26-8-10/h1-5,10H,6-8H2,(H,18,21). The Balaban J connectivity index is 1.35. The molecule has 0 atom stereocenters. The zero-order valence-corrected chi connectivity index (χ0v) is 14.8. The molecule has 6 rings (SSSR count). The second-order valence-corrected chi connectivity index (χ2v) is 7.58. The van der Waals surface area contributed by atoms with Crippen LogP contribution in [0.5, 0.6) is 0 Å². The molecule has 0 spiro atoms. The van der Waals surface area contributed by atoms with E-state index in [1.54, 1.807) is 28.4 Å². The first-order valence-electron chi connectivity index (χ1n) is 8.44. The molecule has 27 heavy (non-hydrogen) atoms. The van der Waals surface area contributed by atoms with Gasteiger partial charge in [-0.15, -0.1) is 16.4 Å². The van der Waals surface area contributed by atoms with Crippen LogP contribution in [0, 0.1) is 0 Å². The van der Waals surface area contributed by atoms with Gasteiger partial charge in [-0.05, 0) is 6.07 Å². The van der Waals surface area contributed by atoms with Crippen molar-refractivity contribution in [1.29, 1.82) is 0 Å². The lowest BCUT2D eigenvalue weighted by Gasteiger charge is -2.25. The van der Waals surface area contributed by atoms with Gasteiger partial charge < -0.3 is 4.74 Å². The second kappa shape index (κ2) is 5.66. The summed E-state index contributed by atoms with van der Waals surface area (Å²) in [5.74, 6) is 0. The van der Waals surface area contributed by atoms with Crippen molar-refractivity contribution >= 4 is 32.8 Å². The number of hydrogen-bond acceptors (Lipinski definition) is 8. The number of thiophene rings is 1. The Morgan fingerprint density at radius 1 is 1.26 bits per heavy atom. The quantitative estimate of drug-likeness (QED) is 0.505. The molecule has 0 radical (unpaired) electrons. The first-order valence-corrected chi connectivity index (χ1v) is 9.25. The van der Waals surface area contributed by atoms with Crippen molar-refractivity contribution < 1.29 is 4.74 Å². The summed E-state index contributed by atoms with van der Waals surface area (Å²) in [4.78, 5) is 10.3. The van der Waals surface area contributed by atoms with Gasteiger partial charge in [-0.25, -0.2) is 14.6 Å². The number of fused-ring (bicyclic) bond motifs is 2. The van der Waals surface area contributed by atoms with Crippen molar-refractivity contribution in [2.24, 2.45) is 0 Å². The lowest BCUT2D eigenvalue weighted by Crippen LogP contribution is -2.30. The minimum atomic E-state index is 0.306. The van der Waals surface area contributed by atoms with E-state index in [0.717, 1.165) is 26.4 Å². The first-order chi connectivity index (χ1) is 13.3. The summed E-state index contributed by atoms with van der Waals surface area (Å²) in [6.45, 7) is 1.99. The van der Waals surface area contributed by atoms with Crippen molar-refractivity contribution in [2.75, 3.05) is 13.2 Å². The first kappa shape index (κ1) is 14.9. The van der Waals surface area contributed by atoms with Crippen LogP contribution < -0.4 is 0 Å². The van der Waals surface area contributed by atoms with E-state index in [1.165, 1.54) is 0 Å². The third-order valence-corrected chi connectivity index (χ3v) is 5.66. The van der Waals surface area contributed by atoms with E-state index >= 15 is 0 Å². The van der Waals surface area contributed by atoms with Gasteiger partial charge in [0.1, 0.15) is 0 Å². The molecule has 5 aromatic heterocycles. The molecule has 1 saturated heterocycles. The van der Waals surface area contributed by atoms with Gasteiger partial charge >= 0.3 is 0 Å². The van der Waals surface area contributed by atoms with Crippen molar-refractivity contribution in [3.05, 3.63) is 35.7 Å². The average Bonchev–Trinajstić information content (AvgIpc) is 3.37. The number of nitrogens with zero attached hydrogens (tertiary/aromatic N) is 8. The zero-order chi connectivity index (χ0) is 17.8. The number of aromatic amines is 1. The summed E-state index contributed by atoms with van der Waals surface area (Å²) < 4.78 is 10.0. The molecule has 134 valence electrons. The van der Waals surface area contributed by atoms with E-state index in [9.17, 15) is 0 Å². The van der Waals surface area contributed by atoms with Crippen molar-refractivity contribution in [2.45, 2.75) is 12.6 Å². The monoisotopic (exact) mass is 379 g/mol. The number of H-pyrrole nitrogens is 1. The number of hydrogen-bond donors (Lipinski definition) is 1. The molecular weight excluding hydrogens is 366 g/mol.